The molecule has 108 valence electrons. The molecule has 0 saturated heterocycles. The summed E-state index contributed by atoms with van der Waals surface area (Å²) in [5, 5.41) is 12.9. The van der Waals surface area contributed by atoms with Crippen molar-refractivity contribution in [2.24, 2.45) is 22.9 Å². The highest BCUT2D eigenvalue weighted by molar-refractivity contribution is 4.92. The number of hydrogen-bond donors (Lipinski definition) is 1. The summed E-state index contributed by atoms with van der Waals surface area (Å²) in [5.41, 5.74) is 8.28. The summed E-state index contributed by atoms with van der Waals surface area (Å²) < 4.78 is 27.5. The molecule has 4 atom stereocenters. The third-order valence-electron chi connectivity index (χ3n) is 4.78. The quantitative estimate of drug-likeness (QED) is 0.477. The summed E-state index contributed by atoms with van der Waals surface area (Å²) in [4.78, 5) is 2.76. The molecule has 2 aliphatic rings. The average Bonchev–Trinajstić information content (AvgIpc) is 2.44. The first-order valence-corrected chi connectivity index (χ1v) is 7.10. The Bertz CT molecular complexity index is 341. The third-order valence-corrected chi connectivity index (χ3v) is 4.78. The summed E-state index contributed by atoms with van der Waals surface area (Å²) in [6.07, 6.45) is 0.159. The van der Waals surface area contributed by atoms with Crippen LogP contribution in [0.25, 0.3) is 10.4 Å². The summed E-state index contributed by atoms with van der Waals surface area (Å²) in [6.45, 7) is 0.511. The molecule has 0 radical (unpaired) electrons. The van der Waals surface area contributed by atoms with Gasteiger partial charge in [0.15, 0.2) is 6.17 Å². The second-order valence-electron chi connectivity index (χ2n) is 5.89. The van der Waals surface area contributed by atoms with Crippen LogP contribution in [0.5, 0.6) is 0 Å². The van der Waals surface area contributed by atoms with Crippen molar-refractivity contribution in [1.29, 1.82) is 0 Å². The molecule has 19 heavy (non-hydrogen) atoms. The molecular weight excluding hydrogens is 252 g/mol. The van der Waals surface area contributed by atoms with Crippen molar-refractivity contribution < 1.29 is 13.9 Å². The number of aliphatic hydroxyl groups is 1. The predicted molar refractivity (Wildman–Crippen MR) is 68.0 cm³/mol. The van der Waals surface area contributed by atoms with Crippen molar-refractivity contribution in [2.45, 2.75) is 57.0 Å². The molecule has 0 aromatic rings. The zero-order valence-corrected chi connectivity index (χ0v) is 11.0. The fourth-order valence-corrected chi connectivity index (χ4v) is 3.58. The molecule has 0 spiro atoms. The Morgan fingerprint density at radius 1 is 1.05 bits per heavy atom. The fraction of sp³-hybridized carbons (Fsp3) is 1.00. The van der Waals surface area contributed by atoms with Gasteiger partial charge in [-0.3, -0.25) is 0 Å². The summed E-state index contributed by atoms with van der Waals surface area (Å²) in [6, 6.07) is 0. The minimum absolute atomic E-state index is 0.211. The highest BCUT2D eigenvalue weighted by atomic mass is 19.2. The van der Waals surface area contributed by atoms with Crippen molar-refractivity contribution in [1.82, 2.24) is 0 Å². The van der Waals surface area contributed by atoms with Crippen molar-refractivity contribution in [3.8, 4) is 0 Å². The van der Waals surface area contributed by atoms with Gasteiger partial charge in [0.25, 0.3) is 0 Å². The van der Waals surface area contributed by atoms with E-state index in [4.69, 9.17) is 5.53 Å². The molecule has 0 amide bonds. The lowest BCUT2D eigenvalue weighted by Crippen LogP contribution is -2.44. The Hall–Kier alpha value is -0.870. The molecule has 4 nitrogen and oxygen atoms in total. The summed E-state index contributed by atoms with van der Waals surface area (Å²) in [5.74, 6) is 0.349. The highest BCUT2D eigenvalue weighted by Crippen LogP contribution is 2.42. The largest absolute Gasteiger partial charge is 0.390 e. The SMILES string of the molecule is [N-]=[N+]=NCC1CCC(C2CCC(O)C(F)C2F)CC1. The van der Waals surface area contributed by atoms with Crippen LogP contribution in [0.2, 0.25) is 0 Å². The van der Waals surface area contributed by atoms with Crippen LogP contribution in [0.3, 0.4) is 0 Å². The van der Waals surface area contributed by atoms with E-state index in [1.807, 2.05) is 0 Å². The van der Waals surface area contributed by atoms with Gasteiger partial charge in [0.05, 0.1) is 6.10 Å². The van der Waals surface area contributed by atoms with Crippen molar-refractivity contribution in [3.63, 3.8) is 0 Å². The van der Waals surface area contributed by atoms with E-state index in [2.05, 4.69) is 10.0 Å². The van der Waals surface area contributed by atoms with Crippen LogP contribution in [0, 0.1) is 17.8 Å². The summed E-state index contributed by atoms with van der Waals surface area (Å²) >= 11 is 0. The average molecular weight is 273 g/mol. The van der Waals surface area contributed by atoms with Crippen LogP contribution in [0.4, 0.5) is 8.78 Å². The number of rotatable bonds is 3. The molecule has 2 rings (SSSR count). The van der Waals surface area contributed by atoms with E-state index in [0.29, 0.717) is 25.3 Å². The number of aliphatic hydroxyl groups excluding tert-OH is 1. The number of hydrogen-bond acceptors (Lipinski definition) is 2. The van der Waals surface area contributed by atoms with Crippen LogP contribution in [-0.4, -0.2) is 30.1 Å². The molecule has 0 heterocycles. The highest BCUT2D eigenvalue weighted by Gasteiger charge is 2.43. The smallest absolute Gasteiger partial charge is 0.157 e. The molecule has 0 bridgehead atoms. The van der Waals surface area contributed by atoms with Gasteiger partial charge in [-0.1, -0.05) is 18.0 Å². The maximum Gasteiger partial charge on any atom is 0.157 e. The second kappa shape index (κ2) is 6.53. The second-order valence-corrected chi connectivity index (χ2v) is 5.89. The van der Waals surface area contributed by atoms with Gasteiger partial charge in [-0.15, -0.1) is 0 Å². The third kappa shape index (κ3) is 3.37. The van der Waals surface area contributed by atoms with Crippen molar-refractivity contribution in [3.05, 3.63) is 10.4 Å². The van der Waals surface area contributed by atoms with E-state index in [-0.39, 0.29) is 11.8 Å². The lowest BCUT2D eigenvalue weighted by Gasteiger charge is -2.40. The van der Waals surface area contributed by atoms with Crippen molar-refractivity contribution >= 4 is 0 Å². The van der Waals surface area contributed by atoms with E-state index >= 15 is 0 Å². The molecule has 0 aromatic heterocycles. The molecular formula is C13H21F2N3O. The normalized spacial score (nSPS) is 43.5. The number of alkyl halides is 2. The first-order valence-electron chi connectivity index (χ1n) is 7.10. The van der Waals surface area contributed by atoms with Gasteiger partial charge < -0.3 is 5.11 Å². The summed E-state index contributed by atoms with van der Waals surface area (Å²) in [7, 11) is 0. The zero-order chi connectivity index (χ0) is 13.8. The van der Waals surface area contributed by atoms with E-state index in [0.717, 1.165) is 25.7 Å². The molecule has 2 fully saturated rings. The van der Waals surface area contributed by atoms with Crippen molar-refractivity contribution in [2.75, 3.05) is 6.54 Å². The Balaban J connectivity index is 1.85. The molecule has 6 heteroatoms. The minimum atomic E-state index is -1.72. The monoisotopic (exact) mass is 273 g/mol. The maximum atomic E-state index is 14.0. The van der Waals surface area contributed by atoms with Gasteiger partial charge in [-0.25, -0.2) is 8.78 Å². The van der Waals surface area contributed by atoms with Crippen LogP contribution < -0.4 is 0 Å². The maximum absolute atomic E-state index is 14.0. The van der Waals surface area contributed by atoms with E-state index in [1.54, 1.807) is 0 Å². The van der Waals surface area contributed by atoms with Gasteiger partial charge in [0.2, 0.25) is 0 Å². The van der Waals surface area contributed by atoms with Crippen LogP contribution in [-0.2, 0) is 0 Å². The minimum Gasteiger partial charge on any atom is -0.390 e. The molecule has 0 aliphatic heterocycles. The van der Waals surface area contributed by atoms with Crippen LogP contribution in [0.1, 0.15) is 38.5 Å². The Labute approximate surface area is 111 Å². The molecule has 4 unspecified atom stereocenters. The first kappa shape index (κ1) is 14.5. The molecule has 0 aromatic carbocycles. The fourth-order valence-electron chi connectivity index (χ4n) is 3.58. The number of halogens is 2. The Kier molecular flexibility index (Phi) is 4.99. The zero-order valence-electron chi connectivity index (χ0n) is 11.0. The van der Waals surface area contributed by atoms with Gasteiger partial charge >= 0.3 is 0 Å². The Morgan fingerprint density at radius 3 is 2.37 bits per heavy atom. The lowest BCUT2D eigenvalue weighted by molar-refractivity contribution is -0.0545. The van der Waals surface area contributed by atoms with Gasteiger partial charge in [-0.05, 0) is 49.0 Å². The molecule has 1 N–H and O–H groups in total. The van der Waals surface area contributed by atoms with Gasteiger partial charge in [0.1, 0.15) is 6.17 Å². The topological polar surface area (TPSA) is 69.0 Å². The van der Waals surface area contributed by atoms with Gasteiger partial charge in [0, 0.05) is 11.5 Å². The first-order chi connectivity index (χ1) is 9.13. The van der Waals surface area contributed by atoms with Crippen LogP contribution in [0.15, 0.2) is 5.11 Å². The van der Waals surface area contributed by atoms with E-state index in [9.17, 15) is 13.9 Å². The Morgan fingerprint density at radius 2 is 1.74 bits per heavy atom. The standard InChI is InChI=1S/C13H21F2N3O/c14-12-10(5-6-11(19)13(12)15)9-3-1-8(2-4-9)7-17-18-16/h8-13,19H,1-7H2. The van der Waals surface area contributed by atoms with Gasteiger partial charge in [-0.2, -0.15) is 0 Å². The van der Waals surface area contributed by atoms with Crippen LogP contribution >= 0.6 is 0 Å². The lowest BCUT2D eigenvalue weighted by atomic mass is 9.69. The number of nitrogens with zero attached hydrogens (tertiary/aromatic N) is 3. The molecule has 2 saturated carbocycles. The molecule has 2 aliphatic carbocycles. The van der Waals surface area contributed by atoms with E-state index in [1.165, 1.54) is 0 Å². The predicted octanol–water partition coefficient (Wildman–Crippen LogP) is 3.55. The van der Waals surface area contributed by atoms with E-state index < -0.39 is 18.4 Å². The number of azide groups is 1.